The van der Waals surface area contributed by atoms with E-state index < -0.39 is 32.6 Å². The minimum atomic E-state index is -3.87. The van der Waals surface area contributed by atoms with Crippen molar-refractivity contribution in [2.75, 3.05) is 0 Å². The molecule has 0 aliphatic carbocycles. The average molecular weight is 378 g/mol. The van der Waals surface area contributed by atoms with Gasteiger partial charge in [0.15, 0.2) is 20.8 Å². The van der Waals surface area contributed by atoms with E-state index in [1.807, 2.05) is 18.2 Å². The summed E-state index contributed by atoms with van der Waals surface area (Å²) in [5.74, 6) is -0.398. The van der Waals surface area contributed by atoms with Crippen LogP contribution >= 0.6 is 11.6 Å². The molecule has 130 valence electrons. The van der Waals surface area contributed by atoms with Crippen molar-refractivity contribution in [3.05, 3.63) is 59.1 Å². The highest BCUT2D eigenvalue weighted by Crippen LogP contribution is 2.46. The molecule has 0 radical (unpaired) electrons. The molecule has 5 nitrogen and oxygen atoms in total. The van der Waals surface area contributed by atoms with Crippen LogP contribution < -0.4 is 10.1 Å². The van der Waals surface area contributed by atoms with Gasteiger partial charge in [-0.15, -0.1) is 0 Å². The first-order chi connectivity index (χ1) is 11.8. The maximum atomic E-state index is 13.2. The van der Waals surface area contributed by atoms with Crippen LogP contribution in [0.5, 0.6) is 5.75 Å². The van der Waals surface area contributed by atoms with E-state index in [-0.39, 0.29) is 4.90 Å². The van der Waals surface area contributed by atoms with Crippen molar-refractivity contribution in [2.24, 2.45) is 0 Å². The molecule has 25 heavy (non-hydrogen) atoms. The summed E-state index contributed by atoms with van der Waals surface area (Å²) in [5, 5.41) is 1.97. The first-order valence-electron chi connectivity index (χ1n) is 7.90. The summed E-state index contributed by atoms with van der Waals surface area (Å²) in [4.78, 5) is 12.8. The molecule has 0 saturated carbocycles. The molecule has 4 rings (SSSR count). The fourth-order valence-corrected chi connectivity index (χ4v) is 5.63. The summed E-state index contributed by atoms with van der Waals surface area (Å²) in [6.07, 6.45) is 0.396. The first-order valence-corrected chi connectivity index (χ1v) is 9.82. The lowest BCUT2D eigenvalue weighted by Gasteiger charge is -2.46. The number of amides is 1. The SMILES string of the molecule is C[C@@]12C[C@@H](c3ccccc3O1)[C@H](S(=O)(=O)c1ccc(Cl)cc1)C(=O)N2. The van der Waals surface area contributed by atoms with E-state index in [9.17, 15) is 13.2 Å². The van der Waals surface area contributed by atoms with E-state index in [0.29, 0.717) is 17.2 Å². The second-order valence-electron chi connectivity index (χ2n) is 6.59. The quantitative estimate of drug-likeness (QED) is 0.873. The molecule has 2 aliphatic rings. The van der Waals surface area contributed by atoms with Gasteiger partial charge in [0, 0.05) is 17.4 Å². The van der Waals surface area contributed by atoms with Crippen molar-refractivity contribution < 1.29 is 17.9 Å². The Morgan fingerprint density at radius 3 is 2.56 bits per heavy atom. The third-order valence-electron chi connectivity index (χ3n) is 4.75. The van der Waals surface area contributed by atoms with Crippen molar-refractivity contribution in [2.45, 2.75) is 35.1 Å². The van der Waals surface area contributed by atoms with Crippen LogP contribution in [0.3, 0.4) is 0 Å². The molecule has 1 amide bonds. The molecule has 2 heterocycles. The Bertz CT molecular complexity index is 957. The number of fused-ring (bicyclic) bond motifs is 4. The number of carbonyl (C=O) groups excluding carboxylic acids is 1. The number of piperidine rings is 1. The van der Waals surface area contributed by atoms with E-state index in [0.717, 1.165) is 5.56 Å². The predicted molar refractivity (Wildman–Crippen MR) is 93.4 cm³/mol. The van der Waals surface area contributed by atoms with Crippen LogP contribution in [-0.4, -0.2) is 25.3 Å². The van der Waals surface area contributed by atoms with Gasteiger partial charge in [-0.2, -0.15) is 0 Å². The molecule has 2 aliphatic heterocycles. The lowest BCUT2D eigenvalue weighted by atomic mass is 9.81. The fourth-order valence-electron chi connectivity index (χ4n) is 3.68. The Morgan fingerprint density at radius 2 is 1.84 bits per heavy atom. The van der Waals surface area contributed by atoms with Crippen molar-refractivity contribution in [3.63, 3.8) is 0 Å². The van der Waals surface area contributed by atoms with Gasteiger partial charge in [-0.25, -0.2) is 8.42 Å². The second-order valence-corrected chi connectivity index (χ2v) is 9.10. The summed E-state index contributed by atoms with van der Waals surface area (Å²) in [5.41, 5.74) is -0.153. The molecule has 2 bridgehead atoms. The first kappa shape index (κ1) is 16.4. The number of hydrogen-bond acceptors (Lipinski definition) is 4. The smallest absolute Gasteiger partial charge is 0.242 e. The Kier molecular flexibility index (Phi) is 3.60. The van der Waals surface area contributed by atoms with Gasteiger partial charge in [-0.1, -0.05) is 29.8 Å². The van der Waals surface area contributed by atoms with E-state index in [4.69, 9.17) is 16.3 Å². The number of ether oxygens (including phenoxy) is 1. The summed E-state index contributed by atoms with van der Waals surface area (Å²) in [6, 6.07) is 13.2. The molecule has 0 aromatic heterocycles. The van der Waals surface area contributed by atoms with E-state index in [2.05, 4.69) is 5.32 Å². The Hall–Kier alpha value is -2.05. The largest absolute Gasteiger partial charge is 0.468 e. The highest BCUT2D eigenvalue weighted by molar-refractivity contribution is 7.92. The van der Waals surface area contributed by atoms with Crippen molar-refractivity contribution in [3.8, 4) is 5.75 Å². The van der Waals surface area contributed by atoms with E-state index >= 15 is 0 Å². The van der Waals surface area contributed by atoms with Gasteiger partial charge in [-0.05, 0) is 42.8 Å². The zero-order chi connectivity index (χ0) is 17.8. The molecule has 3 atom stereocenters. The number of para-hydroxylation sites is 1. The van der Waals surface area contributed by atoms with E-state index in [1.165, 1.54) is 24.3 Å². The molecule has 1 N–H and O–H groups in total. The minimum Gasteiger partial charge on any atom is -0.468 e. The van der Waals surface area contributed by atoms with E-state index in [1.54, 1.807) is 13.0 Å². The van der Waals surface area contributed by atoms with Gasteiger partial charge in [-0.3, -0.25) is 4.79 Å². The van der Waals surface area contributed by atoms with Gasteiger partial charge >= 0.3 is 0 Å². The van der Waals surface area contributed by atoms with Crippen LogP contribution in [0.25, 0.3) is 0 Å². The molecule has 2 aromatic rings. The molecule has 0 unspecified atom stereocenters. The Balaban J connectivity index is 1.85. The number of rotatable bonds is 2. The third-order valence-corrected chi connectivity index (χ3v) is 7.14. The number of nitrogens with one attached hydrogen (secondary N) is 1. The highest BCUT2D eigenvalue weighted by Gasteiger charge is 2.53. The van der Waals surface area contributed by atoms with Crippen LogP contribution in [0, 0.1) is 0 Å². The summed E-state index contributed by atoms with van der Waals surface area (Å²) >= 11 is 5.85. The fraction of sp³-hybridized carbons (Fsp3) is 0.278. The van der Waals surface area contributed by atoms with Crippen molar-refractivity contribution in [1.29, 1.82) is 0 Å². The highest BCUT2D eigenvalue weighted by atomic mass is 35.5. The number of hydrogen-bond donors (Lipinski definition) is 1. The number of halogens is 1. The lowest BCUT2D eigenvalue weighted by molar-refractivity contribution is -0.132. The normalized spacial score (nSPS) is 27.8. The summed E-state index contributed by atoms with van der Waals surface area (Å²) in [6.45, 7) is 1.76. The number of carbonyl (C=O) groups is 1. The summed E-state index contributed by atoms with van der Waals surface area (Å²) in [7, 11) is -3.87. The second kappa shape index (κ2) is 5.47. The van der Waals surface area contributed by atoms with Gasteiger partial charge < -0.3 is 10.1 Å². The molecular weight excluding hydrogens is 362 g/mol. The van der Waals surface area contributed by atoms with Gasteiger partial charge in [0.1, 0.15) is 5.75 Å². The van der Waals surface area contributed by atoms with Gasteiger partial charge in [0.2, 0.25) is 5.91 Å². The molecule has 2 aromatic carbocycles. The molecule has 1 saturated heterocycles. The van der Waals surface area contributed by atoms with Crippen molar-refractivity contribution >= 4 is 27.3 Å². The third kappa shape index (κ3) is 2.60. The Labute approximate surface area is 150 Å². The maximum absolute atomic E-state index is 13.2. The lowest BCUT2D eigenvalue weighted by Crippen LogP contribution is -2.63. The van der Waals surface area contributed by atoms with Crippen LogP contribution in [0.2, 0.25) is 5.02 Å². The monoisotopic (exact) mass is 377 g/mol. The zero-order valence-electron chi connectivity index (χ0n) is 13.4. The average Bonchev–Trinajstić information content (AvgIpc) is 2.54. The predicted octanol–water partition coefficient (Wildman–Crippen LogP) is 2.89. The summed E-state index contributed by atoms with van der Waals surface area (Å²) < 4.78 is 32.3. The van der Waals surface area contributed by atoms with Crippen LogP contribution in [0.15, 0.2) is 53.4 Å². The molecule has 0 spiro atoms. The van der Waals surface area contributed by atoms with Gasteiger partial charge in [0.05, 0.1) is 4.90 Å². The number of sulfone groups is 1. The zero-order valence-corrected chi connectivity index (χ0v) is 15.0. The number of benzene rings is 2. The standard InChI is InChI=1S/C18H16ClNO4S/c1-18-10-14(13-4-2-3-5-15(13)24-18)16(17(21)20-18)25(22,23)12-8-6-11(19)7-9-12/h2-9,14,16H,10H2,1H3,(H,20,21)/t14-,16-,18-/m0/s1. The molecular formula is C18H16ClNO4S. The van der Waals surface area contributed by atoms with Gasteiger partial charge in [0.25, 0.3) is 0 Å². The van der Waals surface area contributed by atoms with Crippen LogP contribution in [-0.2, 0) is 14.6 Å². The molecule has 7 heteroatoms. The minimum absolute atomic E-state index is 0.0876. The van der Waals surface area contributed by atoms with Crippen LogP contribution in [0.4, 0.5) is 0 Å². The maximum Gasteiger partial charge on any atom is 0.242 e. The topological polar surface area (TPSA) is 72.5 Å². The van der Waals surface area contributed by atoms with Crippen LogP contribution in [0.1, 0.15) is 24.8 Å². The molecule has 1 fully saturated rings. The Morgan fingerprint density at radius 1 is 1.16 bits per heavy atom. The van der Waals surface area contributed by atoms with Crippen molar-refractivity contribution in [1.82, 2.24) is 5.32 Å².